The van der Waals surface area contributed by atoms with E-state index in [0.29, 0.717) is 13.2 Å². The normalized spacial score (nSPS) is 32.6. The molecule has 7 atom stereocenters. The second kappa shape index (κ2) is 12.0. The number of aliphatic hydroxyl groups is 4. The first-order valence-corrected chi connectivity index (χ1v) is 14.3. The summed E-state index contributed by atoms with van der Waals surface area (Å²) in [6.45, 7) is 12.1. The molecule has 1 aromatic heterocycles. The highest BCUT2D eigenvalue weighted by molar-refractivity contribution is 5.17. The number of nitrogens with one attached hydrogen (secondary N) is 1. The SMILES string of the molecule is CCC(C)(CCOC1OC2(O)C(CO)C(O)C(O)C12)CC(C)(C)OCC1=CN(Cc2ccc[nH]2)C(C)=CCC1. The quantitative estimate of drug-likeness (QED) is 0.254. The summed E-state index contributed by atoms with van der Waals surface area (Å²) in [5.41, 5.74) is 3.29. The Kier molecular flexibility index (Phi) is 9.33. The molecule has 0 bridgehead atoms. The van der Waals surface area contributed by atoms with Crippen molar-refractivity contribution in [2.75, 3.05) is 19.8 Å². The van der Waals surface area contributed by atoms with E-state index in [-0.39, 0.29) is 11.0 Å². The molecule has 2 aliphatic heterocycles. The van der Waals surface area contributed by atoms with Gasteiger partial charge in [0.15, 0.2) is 12.1 Å². The van der Waals surface area contributed by atoms with Crippen LogP contribution in [0, 0.1) is 17.3 Å². The van der Waals surface area contributed by atoms with Crippen molar-refractivity contribution in [2.45, 2.75) is 103 Å². The monoisotopic (exact) mass is 548 g/mol. The summed E-state index contributed by atoms with van der Waals surface area (Å²) < 4.78 is 17.9. The van der Waals surface area contributed by atoms with Crippen LogP contribution in [0.2, 0.25) is 0 Å². The highest BCUT2D eigenvalue weighted by atomic mass is 16.8. The van der Waals surface area contributed by atoms with E-state index in [4.69, 9.17) is 14.2 Å². The van der Waals surface area contributed by atoms with Gasteiger partial charge < -0.3 is 44.5 Å². The lowest BCUT2D eigenvalue weighted by molar-refractivity contribution is -0.439. The summed E-state index contributed by atoms with van der Waals surface area (Å²) in [4.78, 5) is 5.57. The van der Waals surface area contributed by atoms with Gasteiger partial charge in [-0.25, -0.2) is 0 Å². The zero-order valence-corrected chi connectivity index (χ0v) is 24.1. The molecule has 3 aliphatic rings. The van der Waals surface area contributed by atoms with Crippen LogP contribution in [0.3, 0.4) is 0 Å². The molecule has 1 aromatic rings. The Bertz CT molecular complexity index is 1010. The lowest BCUT2D eigenvalue weighted by atomic mass is 9.75. The average Bonchev–Trinajstić information content (AvgIpc) is 3.37. The van der Waals surface area contributed by atoms with Crippen LogP contribution in [0.25, 0.3) is 0 Å². The smallest absolute Gasteiger partial charge is 0.186 e. The first kappa shape index (κ1) is 30.2. The molecule has 1 saturated carbocycles. The first-order valence-electron chi connectivity index (χ1n) is 14.3. The van der Waals surface area contributed by atoms with E-state index >= 15 is 0 Å². The van der Waals surface area contributed by atoms with Gasteiger partial charge in [-0.1, -0.05) is 26.3 Å². The summed E-state index contributed by atoms with van der Waals surface area (Å²) in [6, 6.07) is 4.12. The van der Waals surface area contributed by atoms with Gasteiger partial charge in [0.1, 0.15) is 0 Å². The van der Waals surface area contributed by atoms with Crippen molar-refractivity contribution in [3.05, 3.63) is 47.6 Å². The number of aromatic nitrogens is 1. The molecule has 0 amide bonds. The van der Waals surface area contributed by atoms with Gasteiger partial charge in [-0.05, 0) is 69.6 Å². The van der Waals surface area contributed by atoms with Crippen molar-refractivity contribution in [1.82, 2.24) is 9.88 Å². The second-order valence-electron chi connectivity index (χ2n) is 12.5. The summed E-state index contributed by atoms with van der Waals surface area (Å²) in [5, 5.41) is 40.6. The molecule has 1 aliphatic carbocycles. The molecular formula is C30H48N2O7. The average molecular weight is 549 g/mol. The molecule has 2 fully saturated rings. The first-order chi connectivity index (χ1) is 18.4. The van der Waals surface area contributed by atoms with Gasteiger partial charge in [0.05, 0.1) is 56.0 Å². The van der Waals surface area contributed by atoms with Crippen molar-refractivity contribution in [3.8, 4) is 0 Å². The fourth-order valence-electron chi connectivity index (χ4n) is 6.35. The number of hydrogen-bond acceptors (Lipinski definition) is 8. The second-order valence-corrected chi connectivity index (χ2v) is 12.5. The minimum atomic E-state index is -1.75. The van der Waals surface area contributed by atoms with Gasteiger partial charge in [0.2, 0.25) is 0 Å². The maximum Gasteiger partial charge on any atom is 0.186 e. The Labute approximate surface area is 232 Å². The Morgan fingerprint density at radius 2 is 2.00 bits per heavy atom. The van der Waals surface area contributed by atoms with Crippen molar-refractivity contribution in [1.29, 1.82) is 0 Å². The minimum absolute atomic E-state index is 0.0549. The number of hydrogen-bond donors (Lipinski definition) is 5. The molecule has 0 aromatic carbocycles. The number of nitrogens with zero attached hydrogens (tertiary/aromatic N) is 1. The Morgan fingerprint density at radius 3 is 2.67 bits per heavy atom. The highest BCUT2D eigenvalue weighted by Crippen LogP contribution is 2.53. The molecular weight excluding hydrogens is 500 g/mol. The maximum atomic E-state index is 10.6. The molecule has 5 N–H and O–H groups in total. The van der Waals surface area contributed by atoms with Crippen LogP contribution >= 0.6 is 0 Å². The number of allylic oxidation sites excluding steroid dienone is 2. The van der Waals surface area contributed by atoms with Crippen molar-refractivity contribution < 1.29 is 34.6 Å². The molecule has 4 rings (SSSR count). The van der Waals surface area contributed by atoms with E-state index in [0.717, 1.165) is 38.6 Å². The number of H-pyrrole nitrogens is 1. The van der Waals surface area contributed by atoms with Gasteiger partial charge in [-0.2, -0.15) is 0 Å². The van der Waals surface area contributed by atoms with Crippen LogP contribution in [-0.2, 0) is 20.8 Å². The van der Waals surface area contributed by atoms with Crippen LogP contribution in [0.1, 0.15) is 72.4 Å². The van der Waals surface area contributed by atoms with E-state index in [2.05, 4.69) is 62.8 Å². The Balaban J connectivity index is 1.28. The van der Waals surface area contributed by atoms with Crippen LogP contribution in [-0.4, -0.2) is 80.0 Å². The third-order valence-corrected chi connectivity index (χ3v) is 8.98. The number of rotatable bonds is 13. The number of aromatic amines is 1. The van der Waals surface area contributed by atoms with Crippen molar-refractivity contribution in [3.63, 3.8) is 0 Å². The van der Waals surface area contributed by atoms with E-state index in [1.54, 1.807) is 0 Å². The third kappa shape index (κ3) is 6.62. The fraction of sp³-hybridized carbons (Fsp3) is 0.733. The van der Waals surface area contributed by atoms with E-state index < -0.39 is 42.7 Å². The fourth-order valence-corrected chi connectivity index (χ4v) is 6.35. The van der Waals surface area contributed by atoms with Crippen LogP contribution in [0.5, 0.6) is 0 Å². The highest BCUT2D eigenvalue weighted by Gasteiger charge is 2.71. The lowest BCUT2D eigenvalue weighted by Crippen LogP contribution is -2.63. The van der Waals surface area contributed by atoms with Crippen LogP contribution in [0.15, 0.2) is 41.9 Å². The van der Waals surface area contributed by atoms with E-state index in [1.807, 2.05) is 12.3 Å². The predicted molar refractivity (Wildman–Crippen MR) is 147 cm³/mol. The largest absolute Gasteiger partial charge is 0.396 e. The van der Waals surface area contributed by atoms with Gasteiger partial charge in [0.25, 0.3) is 0 Å². The standard InChI is InChI=1S/C30H48N2O7/c1-6-29(5,12-14-37-27-24-26(35)25(34)23(17-33)30(24,36)39-27)19-28(3,4)38-18-21-10-7-9-20(2)32(15-21)16-22-11-8-13-31-22/h8-9,11,13,15,23-27,31,33-36H,6-7,10,12,14,16-19H2,1-5H3. The topological polar surface area (TPSA) is 128 Å². The van der Waals surface area contributed by atoms with Crippen molar-refractivity contribution >= 4 is 0 Å². The molecule has 1 saturated heterocycles. The Hall–Kier alpha value is -1.72. The van der Waals surface area contributed by atoms with Crippen LogP contribution in [0.4, 0.5) is 0 Å². The summed E-state index contributed by atoms with van der Waals surface area (Å²) >= 11 is 0. The Morgan fingerprint density at radius 1 is 1.23 bits per heavy atom. The molecule has 0 spiro atoms. The number of fused-ring (bicyclic) bond motifs is 1. The molecule has 9 heteroatoms. The molecule has 3 heterocycles. The number of aliphatic hydroxyl groups excluding tert-OH is 3. The molecule has 220 valence electrons. The lowest BCUT2D eigenvalue weighted by Gasteiger charge is -2.49. The zero-order chi connectivity index (χ0) is 28.4. The van der Waals surface area contributed by atoms with Crippen molar-refractivity contribution in [2.24, 2.45) is 17.3 Å². The summed E-state index contributed by atoms with van der Waals surface area (Å²) in [7, 11) is 0. The summed E-state index contributed by atoms with van der Waals surface area (Å²) in [5.74, 6) is -3.47. The minimum Gasteiger partial charge on any atom is -0.396 e. The molecule has 7 unspecified atom stereocenters. The molecule has 39 heavy (non-hydrogen) atoms. The van der Waals surface area contributed by atoms with Gasteiger partial charge in [0, 0.05) is 23.8 Å². The van der Waals surface area contributed by atoms with Gasteiger partial charge in [-0.15, -0.1) is 0 Å². The summed E-state index contributed by atoms with van der Waals surface area (Å²) in [6.07, 6.45) is 7.70. The number of ether oxygens (including phenoxy) is 3. The molecule has 9 nitrogen and oxygen atoms in total. The van der Waals surface area contributed by atoms with E-state index in [1.165, 1.54) is 17.0 Å². The van der Waals surface area contributed by atoms with Crippen LogP contribution < -0.4 is 0 Å². The zero-order valence-electron chi connectivity index (χ0n) is 24.1. The third-order valence-electron chi connectivity index (χ3n) is 8.98. The predicted octanol–water partition coefficient (Wildman–Crippen LogP) is 3.41. The maximum absolute atomic E-state index is 10.6. The van der Waals surface area contributed by atoms with Gasteiger partial charge >= 0.3 is 0 Å². The molecule has 0 radical (unpaired) electrons. The van der Waals surface area contributed by atoms with Gasteiger partial charge in [-0.3, -0.25) is 0 Å². The van der Waals surface area contributed by atoms with E-state index in [9.17, 15) is 20.4 Å².